The number of aromatic nitrogens is 4. The highest BCUT2D eigenvalue weighted by Gasteiger charge is 2.28. The van der Waals surface area contributed by atoms with Gasteiger partial charge in [0, 0.05) is 32.4 Å². The topological polar surface area (TPSA) is 88.3 Å². The van der Waals surface area contributed by atoms with Gasteiger partial charge in [-0.15, -0.1) is 0 Å². The van der Waals surface area contributed by atoms with E-state index >= 15 is 0 Å². The minimum absolute atomic E-state index is 0.0905. The third-order valence-corrected chi connectivity index (χ3v) is 5.63. The zero-order valence-electron chi connectivity index (χ0n) is 19.7. The lowest BCUT2D eigenvalue weighted by Crippen LogP contribution is -2.41. The van der Waals surface area contributed by atoms with Crippen LogP contribution in [0.25, 0.3) is 5.69 Å². The lowest BCUT2D eigenvalue weighted by Gasteiger charge is -2.28. The van der Waals surface area contributed by atoms with Crippen LogP contribution < -0.4 is 5.32 Å². The second-order valence-corrected chi connectivity index (χ2v) is 9.27. The zero-order valence-corrected chi connectivity index (χ0v) is 19.7. The van der Waals surface area contributed by atoms with E-state index in [0.717, 1.165) is 17.1 Å². The Labute approximate surface area is 194 Å². The van der Waals surface area contributed by atoms with E-state index in [0.29, 0.717) is 38.4 Å². The molecular formula is C24H31N7O2. The Hall–Kier alpha value is -3.62. The Morgan fingerprint density at radius 3 is 2.61 bits per heavy atom. The quantitative estimate of drug-likeness (QED) is 0.601. The number of carbonyl (C=O) groups excluding carboxylic acids is 2. The summed E-state index contributed by atoms with van der Waals surface area (Å²) in [6.45, 7) is 10.5. The van der Waals surface area contributed by atoms with Crippen LogP contribution in [-0.4, -0.2) is 67.5 Å². The highest BCUT2D eigenvalue weighted by atomic mass is 16.2. The molecule has 2 aromatic heterocycles. The maximum Gasteiger partial charge on any atom is 0.317 e. The second-order valence-electron chi connectivity index (χ2n) is 9.27. The number of carbonyl (C=O) groups is 2. The molecule has 3 amide bonds. The van der Waals surface area contributed by atoms with Crippen molar-refractivity contribution >= 4 is 11.9 Å². The molecule has 1 aliphatic heterocycles. The van der Waals surface area contributed by atoms with Gasteiger partial charge in [-0.05, 0) is 52.0 Å². The first kappa shape index (κ1) is 22.6. The van der Waals surface area contributed by atoms with Crippen LogP contribution in [0.1, 0.15) is 42.6 Å². The van der Waals surface area contributed by atoms with Gasteiger partial charge >= 0.3 is 6.03 Å². The average molecular weight is 450 g/mol. The van der Waals surface area contributed by atoms with Gasteiger partial charge in [0.1, 0.15) is 5.69 Å². The van der Waals surface area contributed by atoms with Gasteiger partial charge in [-0.3, -0.25) is 9.48 Å². The molecule has 0 radical (unpaired) electrons. The first-order chi connectivity index (χ1) is 15.7. The Bertz CT molecular complexity index is 1130. The monoisotopic (exact) mass is 449 g/mol. The van der Waals surface area contributed by atoms with Gasteiger partial charge in [-0.1, -0.05) is 18.2 Å². The van der Waals surface area contributed by atoms with Gasteiger partial charge in [0.15, 0.2) is 0 Å². The molecule has 3 aromatic rings. The predicted octanol–water partition coefficient (Wildman–Crippen LogP) is 2.80. The number of hydrogen-bond acceptors (Lipinski definition) is 4. The number of nitrogens with zero attached hydrogens (tertiary/aromatic N) is 6. The molecule has 0 saturated carbocycles. The molecule has 0 unspecified atom stereocenters. The van der Waals surface area contributed by atoms with Crippen molar-refractivity contribution in [1.82, 2.24) is 34.7 Å². The average Bonchev–Trinajstić information content (AvgIpc) is 3.51. The highest BCUT2D eigenvalue weighted by molar-refractivity contribution is 5.93. The third kappa shape index (κ3) is 4.92. The number of hydrogen-bond donors (Lipinski definition) is 1. The van der Waals surface area contributed by atoms with Crippen LogP contribution in [0, 0.1) is 6.92 Å². The van der Waals surface area contributed by atoms with Crippen molar-refractivity contribution in [3.8, 4) is 5.69 Å². The van der Waals surface area contributed by atoms with Crippen molar-refractivity contribution in [3.05, 3.63) is 65.7 Å². The Kier molecular flexibility index (Phi) is 6.22. The highest BCUT2D eigenvalue weighted by Crippen LogP contribution is 2.20. The van der Waals surface area contributed by atoms with Crippen molar-refractivity contribution in [1.29, 1.82) is 0 Å². The number of rotatable bonds is 7. The summed E-state index contributed by atoms with van der Waals surface area (Å²) in [4.78, 5) is 29.4. The van der Waals surface area contributed by atoms with Gasteiger partial charge in [0.25, 0.3) is 5.91 Å². The lowest BCUT2D eigenvalue weighted by atomic mass is 10.1. The molecule has 0 bridgehead atoms. The molecular weight excluding hydrogens is 418 g/mol. The SMILES string of the molecule is Cc1cc(C(=O)N(CCN2CCNC2=O)Cc2ccnn2-c2ccccc2)n(C(C)(C)C)n1. The van der Waals surface area contributed by atoms with E-state index in [4.69, 9.17) is 0 Å². The largest absolute Gasteiger partial charge is 0.336 e. The molecule has 0 spiro atoms. The molecule has 174 valence electrons. The zero-order chi connectivity index (χ0) is 23.6. The van der Waals surface area contributed by atoms with Crippen molar-refractivity contribution in [2.24, 2.45) is 0 Å². The number of nitrogens with one attached hydrogen (secondary N) is 1. The Balaban J connectivity index is 1.64. The lowest BCUT2D eigenvalue weighted by molar-refractivity contribution is 0.0707. The summed E-state index contributed by atoms with van der Waals surface area (Å²) in [5.74, 6) is -0.119. The van der Waals surface area contributed by atoms with Crippen LogP contribution in [0.5, 0.6) is 0 Å². The van der Waals surface area contributed by atoms with E-state index in [1.165, 1.54) is 0 Å². The smallest absolute Gasteiger partial charge is 0.317 e. The summed E-state index contributed by atoms with van der Waals surface area (Å²) >= 11 is 0. The van der Waals surface area contributed by atoms with Crippen LogP contribution in [0.15, 0.2) is 48.7 Å². The number of urea groups is 1. The minimum atomic E-state index is -0.342. The van der Waals surface area contributed by atoms with Crippen LogP contribution in [0.2, 0.25) is 0 Å². The fourth-order valence-electron chi connectivity index (χ4n) is 3.99. The first-order valence-corrected chi connectivity index (χ1v) is 11.2. The normalized spacial score (nSPS) is 13.9. The molecule has 4 rings (SSSR count). The van der Waals surface area contributed by atoms with Gasteiger partial charge in [0.05, 0.1) is 29.2 Å². The van der Waals surface area contributed by atoms with E-state index in [2.05, 4.69) is 15.5 Å². The van der Waals surface area contributed by atoms with E-state index in [1.807, 2.05) is 74.8 Å². The van der Waals surface area contributed by atoms with Gasteiger partial charge in [-0.25, -0.2) is 9.48 Å². The Morgan fingerprint density at radius 1 is 1.18 bits per heavy atom. The summed E-state index contributed by atoms with van der Waals surface area (Å²) in [6, 6.07) is 13.5. The number of amides is 3. The standard InChI is InChI=1S/C24H31N7O2/c1-18-16-21(31(27-18)24(2,3)4)22(32)29(15-14-28-13-12-25-23(28)33)17-20-10-11-26-30(20)19-8-6-5-7-9-19/h5-11,16H,12-15,17H2,1-4H3,(H,25,33). The first-order valence-electron chi connectivity index (χ1n) is 11.2. The van der Waals surface area contributed by atoms with Crippen molar-refractivity contribution in [2.75, 3.05) is 26.2 Å². The van der Waals surface area contributed by atoms with Gasteiger partial charge in [-0.2, -0.15) is 10.2 Å². The third-order valence-electron chi connectivity index (χ3n) is 5.63. The van der Waals surface area contributed by atoms with Crippen molar-refractivity contribution in [2.45, 2.75) is 39.8 Å². The summed E-state index contributed by atoms with van der Waals surface area (Å²) in [5, 5.41) is 11.9. The molecule has 1 N–H and O–H groups in total. The van der Waals surface area contributed by atoms with E-state index in [1.54, 1.807) is 20.7 Å². The molecule has 0 aliphatic carbocycles. The molecule has 1 aliphatic rings. The molecule has 33 heavy (non-hydrogen) atoms. The summed E-state index contributed by atoms with van der Waals surface area (Å²) in [6.07, 6.45) is 1.74. The number of aryl methyl sites for hydroxylation is 1. The van der Waals surface area contributed by atoms with E-state index < -0.39 is 0 Å². The maximum absolute atomic E-state index is 13.8. The molecule has 1 fully saturated rings. The summed E-state index contributed by atoms with van der Waals surface area (Å²) < 4.78 is 3.63. The van der Waals surface area contributed by atoms with Crippen LogP contribution in [0.3, 0.4) is 0 Å². The van der Waals surface area contributed by atoms with Gasteiger partial charge in [0.2, 0.25) is 0 Å². The molecule has 1 saturated heterocycles. The van der Waals surface area contributed by atoms with E-state index in [-0.39, 0.29) is 17.5 Å². The maximum atomic E-state index is 13.8. The molecule has 1 aromatic carbocycles. The fraction of sp³-hybridized carbons (Fsp3) is 0.417. The number of benzene rings is 1. The molecule has 3 heterocycles. The van der Waals surface area contributed by atoms with E-state index in [9.17, 15) is 9.59 Å². The van der Waals surface area contributed by atoms with Crippen LogP contribution >= 0.6 is 0 Å². The number of para-hydroxylation sites is 1. The molecule has 9 nitrogen and oxygen atoms in total. The minimum Gasteiger partial charge on any atom is -0.336 e. The Morgan fingerprint density at radius 2 is 1.94 bits per heavy atom. The van der Waals surface area contributed by atoms with Crippen molar-refractivity contribution < 1.29 is 9.59 Å². The fourth-order valence-corrected chi connectivity index (χ4v) is 3.99. The summed E-state index contributed by atoms with van der Waals surface area (Å²) in [7, 11) is 0. The van der Waals surface area contributed by atoms with Crippen LogP contribution in [-0.2, 0) is 12.1 Å². The molecule has 9 heteroatoms. The van der Waals surface area contributed by atoms with Gasteiger partial charge < -0.3 is 15.1 Å². The molecule has 0 atom stereocenters. The second kappa shape index (κ2) is 9.09. The predicted molar refractivity (Wildman–Crippen MR) is 125 cm³/mol. The summed E-state index contributed by atoms with van der Waals surface area (Å²) in [5.41, 5.74) is 2.81. The van der Waals surface area contributed by atoms with Crippen LogP contribution in [0.4, 0.5) is 4.79 Å². The van der Waals surface area contributed by atoms with Crippen molar-refractivity contribution in [3.63, 3.8) is 0 Å².